The second-order valence-electron chi connectivity index (χ2n) is 4.92. The molecule has 0 atom stereocenters. The molecule has 0 bridgehead atoms. The van der Waals surface area contributed by atoms with E-state index in [0.29, 0.717) is 25.9 Å². The molecule has 1 aliphatic heterocycles. The van der Waals surface area contributed by atoms with Crippen LogP contribution < -0.4 is 11.1 Å². The zero-order valence-electron chi connectivity index (χ0n) is 11.4. The molecule has 0 radical (unpaired) electrons. The van der Waals surface area contributed by atoms with Crippen LogP contribution in [0.4, 0.5) is 5.69 Å². The van der Waals surface area contributed by atoms with Crippen molar-refractivity contribution in [3.8, 4) is 5.75 Å². The second-order valence-corrected chi connectivity index (χ2v) is 4.92. The predicted molar refractivity (Wildman–Crippen MR) is 75.2 cm³/mol. The number of nitrogen functional groups attached to an aromatic ring is 1. The fourth-order valence-corrected chi connectivity index (χ4v) is 2.45. The minimum absolute atomic E-state index is 0.0175. The van der Waals surface area contributed by atoms with Gasteiger partial charge in [0.05, 0.1) is 11.3 Å². The number of nitrogens with zero attached hydrogens (tertiary/aromatic N) is 1. The number of phenolic OH excluding ortho intramolecular Hbond substituents is 1. The zero-order chi connectivity index (χ0) is 14.7. The van der Waals surface area contributed by atoms with Crippen LogP contribution in [0, 0.1) is 5.92 Å². The molecule has 6 heteroatoms. The molecule has 0 saturated carbocycles. The first-order valence-electron chi connectivity index (χ1n) is 6.63. The lowest BCUT2D eigenvalue weighted by Gasteiger charge is -2.31. The zero-order valence-corrected chi connectivity index (χ0v) is 11.4. The number of benzene rings is 1. The largest absolute Gasteiger partial charge is 0.505 e. The monoisotopic (exact) mass is 277 g/mol. The van der Waals surface area contributed by atoms with E-state index in [1.807, 2.05) is 0 Å². The van der Waals surface area contributed by atoms with Gasteiger partial charge in [-0.1, -0.05) is 6.07 Å². The number of aromatic hydroxyl groups is 1. The summed E-state index contributed by atoms with van der Waals surface area (Å²) in [4.78, 5) is 25.5. The molecule has 1 fully saturated rings. The highest BCUT2D eigenvalue weighted by molar-refractivity contribution is 5.98. The van der Waals surface area contributed by atoms with E-state index in [1.165, 1.54) is 0 Å². The number of piperidine rings is 1. The van der Waals surface area contributed by atoms with Gasteiger partial charge in [0, 0.05) is 26.1 Å². The van der Waals surface area contributed by atoms with E-state index in [1.54, 1.807) is 30.1 Å². The third-order valence-electron chi connectivity index (χ3n) is 3.70. The summed E-state index contributed by atoms with van der Waals surface area (Å²) in [5.41, 5.74) is 6.00. The molecule has 108 valence electrons. The number of phenols is 1. The van der Waals surface area contributed by atoms with Crippen LogP contribution in [-0.2, 0) is 4.79 Å². The van der Waals surface area contributed by atoms with Crippen molar-refractivity contribution in [3.63, 3.8) is 0 Å². The quantitative estimate of drug-likeness (QED) is 0.544. The Hall–Kier alpha value is -2.24. The van der Waals surface area contributed by atoms with E-state index in [4.69, 9.17) is 5.73 Å². The number of carbonyl (C=O) groups excluding carboxylic acids is 2. The minimum Gasteiger partial charge on any atom is -0.505 e. The van der Waals surface area contributed by atoms with Crippen LogP contribution >= 0.6 is 0 Å². The van der Waals surface area contributed by atoms with Crippen molar-refractivity contribution in [2.24, 2.45) is 5.92 Å². The van der Waals surface area contributed by atoms with Gasteiger partial charge in [0.15, 0.2) is 5.75 Å². The second kappa shape index (κ2) is 5.81. The van der Waals surface area contributed by atoms with Crippen LogP contribution in [0.15, 0.2) is 18.2 Å². The summed E-state index contributed by atoms with van der Waals surface area (Å²) in [5, 5.41) is 12.5. The Balaban J connectivity index is 2.05. The predicted octanol–water partition coefficient (Wildman–Crippen LogP) is 0.573. The first-order chi connectivity index (χ1) is 9.54. The number of carbonyl (C=O) groups is 2. The van der Waals surface area contributed by atoms with Crippen molar-refractivity contribution >= 4 is 17.5 Å². The summed E-state index contributed by atoms with van der Waals surface area (Å²) in [7, 11) is 1.62. The van der Waals surface area contributed by atoms with Crippen molar-refractivity contribution in [1.29, 1.82) is 0 Å². The Bertz CT molecular complexity index is 522. The number of nitrogens with two attached hydrogens (primary N) is 1. The number of anilines is 1. The highest BCUT2D eigenvalue weighted by Gasteiger charge is 2.28. The molecule has 1 aliphatic rings. The molecule has 1 heterocycles. The van der Waals surface area contributed by atoms with E-state index in [-0.39, 0.29) is 34.7 Å². The number of rotatable bonds is 2. The fraction of sp³-hybridized carbons (Fsp3) is 0.429. The van der Waals surface area contributed by atoms with Gasteiger partial charge in [-0.3, -0.25) is 9.59 Å². The molecule has 1 saturated heterocycles. The molecular formula is C14H19N3O3. The van der Waals surface area contributed by atoms with Crippen LogP contribution in [0.25, 0.3) is 0 Å². The topological polar surface area (TPSA) is 95.7 Å². The SMILES string of the molecule is CNC(=O)C1CCN(C(=O)c2cccc(N)c2O)CC1. The molecule has 2 amide bonds. The molecule has 0 aromatic heterocycles. The van der Waals surface area contributed by atoms with Gasteiger partial charge in [-0.2, -0.15) is 0 Å². The maximum Gasteiger partial charge on any atom is 0.257 e. The van der Waals surface area contributed by atoms with Crippen molar-refractivity contribution in [2.45, 2.75) is 12.8 Å². The lowest BCUT2D eigenvalue weighted by Crippen LogP contribution is -2.42. The Morgan fingerprint density at radius 2 is 2.00 bits per heavy atom. The molecule has 0 unspecified atom stereocenters. The number of hydrogen-bond donors (Lipinski definition) is 3. The summed E-state index contributed by atoms with van der Waals surface area (Å²) in [6, 6.07) is 4.74. The highest BCUT2D eigenvalue weighted by Crippen LogP contribution is 2.27. The maximum absolute atomic E-state index is 12.3. The lowest BCUT2D eigenvalue weighted by molar-refractivity contribution is -0.125. The Morgan fingerprint density at radius 3 is 2.60 bits per heavy atom. The molecule has 20 heavy (non-hydrogen) atoms. The smallest absolute Gasteiger partial charge is 0.257 e. The van der Waals surface area contributed by atoms with Gasteiger partial charge in [0.1, 0.15) is 0 Å². The maximum atomic E-state index is 12.3. The van der Waals surface area contributed by atoms with E-state index < -0.39 is 0 Å². The molecular weight excluding hydrogens is 258 g/mol. The van der Waals surface area contributed by atoms with Crippen molar-refractivity contribution in [1.82, 2.24) is 10.2 Å². The molecule has 1 aromatic carbocycles. The third-order valence-corrected chi connectivity index (χ3v) is 3.70. The summed E-state index contributed by atoms with van der Waals surface area (Å²) in [6.45, 7) is 1.01. The van der Waals surface area contributed by atoms with E-state index >= 15 is 0 Å². The van der Waals surface area contributed by atoms with E-state index in [9.17, 15) is 14.7 Å². The van der Waals surface area contributed by atoms with Gasteiger partial charge in [0.2, 0.25) is 5.91 Å². The molecule has 2 rings (SSSR count). The molecule has 6 nitrogen and oxygen atoms in total. The van der Waals surface area contributed by atoms with Crippen molar-refractivity contribution in [3.05, 3.63) is 23.8 Å². The number of likely N-dealkylation sites (tertiary alicyclic amines) is 1. The van der Waals surface area contributed by atoms with Gasteiger partial charge in [-0.05, 0) is 25.0 Å². The molecule has 1 aromatic rings. The highest BCUT2D eigenvalue weighted by atomic mass is 16.3. The summed E-state index contributed by atoms with van der Waals surface area (Å²) >= 11 is 0. The van der Waals surface area contributed by atoms with Gasteiger partial charge in [-0.15, -0.1) is 0 Å². The average Bonchev–Trinajstić information content (AvgIpc) is 2.48. The standard InChI is InChI=1S/C14H19N3O3/c1-16-13(19)9-5-7-17(8-6-9)14(20)10-3-2-4-11(15)12(10)18/h2-4,9,18H,5-8,15H2,1H3,(H,16,19). The molecule has 4 N–H and O–H groups in total. The number of nitrogens with one attached hydrogen (secondary N) is 1. The molecule has 0 aliphatic carbocycles. The Kier molecular flexibility index (Phi) is 4.12. The minimum atomic E-state index is -0.245. The third kappa shape index (κ3) is 2.68. The number of hydrogen-bond acceptors (Lipinski definition) is 4. The summed E-state index contributed by atoms with van der Waals surface area (Å²) < 4.78 is 0. The first kappa shape index (κ1) is 14.2. The average molecular weight is 277 g/mol. The van der Waals surface area contributed by atoms with Crippen LogP contribution in [0.2, 0.25) is 0 Å². The Labute approximate surface area is 117 Å². The molecule has 0 spiro atoms. The van der Waals surface area contributed by atoms with E-state index in [2.05, 4.69) is 5.32 Å². The van der Waals surface area contributed by atoms with E-state index in [0.717, 1.165) is 0 Å². The lowest BCUT2D eigenvalue weighted by atomic mass is 9.95. The van der Waals surface area contributed by atoms with Gasteiger partial charge >= 0.3 is 0 Å². The fourth-order valence-electron chi connectivity index (χ4n) is 2.45. The van der Waals surface area contributed by atoms with Gasteiger partial charge < -0.3 is 21.1 Å². The first-order valence-corrected chi connectivity index (χ1v) is 6.63. The summed E-state index contributed by atoms with van der Waals surface area (Å²) in [5.74, 6) is -0.446. The number of amides is 2. The summed E-state index contributed by atoms with van der Waals surface area (Å²) in [6.07, 6.45) is 1.27. The normalized spacial score (nSPS) is 15.9. The van der Waals surface area contributed by atoms with Crippen LogP contribution in [-0.4, -0.2) is 42.0 Å². The van der Waals surface area contributed by atoms with Crippen molar-refractivity contribution in [2.75, 3.05) is 25.9 Å². The van der Waals surface area contributed by atoms with Crippen LogP contribution in [0.3, 0.4) is 0 Å². The number of para-hydroxylation sites is 1. The van der Waals surface area contributed by atoms with Crippen molar-refractivity contribution < 1.29 is 14.7 Å². The van der Waals surface area contributed by atoms with Gasteiger partial charge in [0.25, 0.3) is 5.91 Å². The van der Waals surface area contributed by atoms with Crippen LogP contribution in [0.1, 0.15) is 23.2 Å². The van der Waals surface area contributed by atoms with Gasteiger partial charge in [-0.25, -0.2) is 0 Å². The Morgan fingerprint density at radius 1 is 1.35 bits per heavy atom. The van der Waals surface area contributed by atoms with Crippen LogP contribution in [0.5, 0.6) is 5.75 Å².